The van der Waals surface area contributed by atoms with Crippen LogP contribution in [0.1, 0.15) is 55.2 Å². The van der Waals surface area contributed by atoms with Crippen molar-refractivity contribution in [1.29, 1.82) is 0 Å². The van der Waals surface area contributed by atoms with E-state index >= 15 is 0 Å². The molecule has 3 rings (SSSR count). The van der Waals surface area contributed by atoms with E-state index in [-0.39, 0.29) is 0 Å². The molecule has 0 amide bonds. The summed E-state index contributed by atoms with van der Waals surface area (Å²) in [5.74, 6) is 0. The van der Waals surface area contributed by atoms with Crippen molar-refractivity contribution < 1.29 is 0 Å². The molecule has 0 bridgehead atoms. The predicted octanol–water partition coefficient (Wildman–Crippen LogP) is 3.63. The first kappa shape index (κ1) is 12.2. The number of benzene rings is 1. The summed E-state index contributed by atoms with van der Waals surface area (Å²) in [6, 6.07) is 7.22. The minimum atomic E-state index is 0.420. The van der Waals surface area contributed by atoms with Crippen molar-refractivity contribution >= 4 is 0 Å². The van der Waals surface area contributed by atoms with Crippen molar-refractivity contribution in [2.24, 2.45) is 11.1 Å². The smallest absolute Gasteiger partial charge is 0.00173 e. The number of fused-ring (bicyclic) bond motifs is 1. The lowest BCUT2D eigenvalue weighted by molar-refractivity contribution is 0.306. The van der Waals surface area contributed by atoms with E-state index in [1.54, 1.807) is 11.1 Å². The molecule has 0 saturated heterocycles. The maximum atomic E-state index is 6.05. The van der Waals surface area contributed by atoms with Crippen molar-refractivity contribution in [3.63, 3.8) is 0 Å². The van der Waals surface area contributed by atoms with E-state index in [9.17, 15) is 0 Å². The third-order valence-electron chi connectivity index (χ3n) is 5.09. The van der Waals surface area contributed by atoms with E-state index in [0.29, 0.717) is 5.41 Å². The van der Waals surface area contributed by atoms with E-state index in [2.05, 4.69) is 18.2 Å². The zero-order valence-corrected chi connectivity index (χ0v) is 11.4. The van der Waals surface area contributed by atoms with Gasteiger partial charge in [0.1, 0.15) is 0 Å². The van der Waals surface area contributed by atoms with Gasteiger partial charge in [0.2, 0.25) is 0 Å². The first-order chi connectivity index (χ1) is 8.81. The number of hydrogen-bond donors (Lipinski definition) is 1. The molecule has 0 atom stereocenters. The highest BCUT2D eigenvalue weighted by Gasteiger charge is 2.32. The van der Waals surface area contributed by atoms with Crippen molar-refractivity contribution in [2.45, 2.75) is 57.8 Å². The third-order valence-corrected chi connectivity index (χ3v) is 5.09. The zero-order chi connectivity index (χ0) is 12.4. The van der Waals surface area contributed by atoms with Crippen molar-refractivity contribution in [3.8, 4) is 0 Å². The van der Waals surface area contributed by atoms with Crippen LogP contribution in [-0.4, -0.2) is 6.54 Å². The first-order valence-corrected chi connectivity index (χ1v) is 7.62. The minimum Gasteiger partial charge on any atom is -0.330 e. The molecule has 1 aromatic carbocycles. The molecule has 2 aliphatic carbocycles. The highest BCUT2D eigenvalue weighted by Crippen LogP contribution is 2.40. The molecule has 1 saturated carbocycles. The lowest BCUT2D eigenvalue weighted by atomic mass is 9.79. The second-order valence-electron chi connectivity index (χ2n) is 6.40. The maximum Gasteiger partial charge on any atom is -0.00173 e. The fourth-order valence-electron chi connectivity index (χ4n) is 3.91. The normalized spacial score (nSPS) is 21.8. The van der Waals surface area contributed by atoms with Crippen LogP contribution in [0.5, 0.6) is 0 Å². The van der Waals surface area contributed by atoms with Gasteiger partial charge < -0.3 is 5.73 Å². The molecule has 0 aromatic heterocycles. The summed E-state index contributed by atoms with van der Waals surface area (Å²) in [7, 11) is 0. The van der Waals surface area contributed by atoms with Gasteiger partial charge in [-0.05, 0) is 73.6 Å². The van der Waals surface area contributed by atoms with Crippen molar-refractivity contribution in [3.05, 3.63) is 34.9 Å². The van der Waals surface area contributed by atoms with Gasteiger partial charge in [0.25, 0.3) is 0 Å². The third kappa shape index (κ3) is 2.33. The van der Waals surface area contributed by atoms with Gasteiger partial charge in [-0.3, -0.25) is 0 Å². The highest BCUT2D eigenvalue weighted by atomic mass is 14.6. The predicted molar refractivity (Wildman–Crippen MR) is 76.7 cm³/mol. The molecule has 1 fully saturated rings. The molecule has 98 valence electrons. The molecule has 0 radical (unpaired) electrons. The largest absolute Gasteiger partial charge is 0.330 e. The van der Waals surface area contributed by atoms with Gasteiger partial charge in [0, 0.05) is 0 Å². The van der Waals surface area contributed by atoms with Gasteiger partial charge in [-0.15, -0.1) is 0 Å². The molecule has 0 heterocycles. The SMILES string of the molecule is NCC1(Cc2ccc3c(c2)CCCC3)CCCC1. The average molecular weight is 243 g/mol. The zero-order valence-electron chi connectivity index (χ0n) is 11.4. The van der Waals surface area contributed by atoms with E-state index in [0.717, 1.165) is 6.54 Å². The molecule has 1 aromatic rings. The molecule has 2 aliphatic rings. The Morgan fingerprint density at radius 1 is 0.944 bits per heavy atom. The molecule has 0 aliphatic heterocycles. The number of nitrogens with two attached hydrogens (primary N) is 1. The van der Waals surface area contributed by atoms with E-state index in [4.69, 9.17) is 5.73 Å². The Bertz CT molecular complexity index is 416. The second kappa shape index (κ2) is 5.05. The van der Waals surface area contributed by atoms with Crippen LogP contribution >= 0.6 is 0 Å². The summed E-state index contributed by atoms with van der Waals surface area (Å²) in [6.45, 7) is 0.865. The van der Waals surface area contributed by atoms with Gasteiger partial charge in [-0.25, -0.2) is 0 Å². The van der Waals surface area contributed by atoms with Crippen LogP contribution in [0, 0.1) is 5.41 Å². The number of rotatable bonds is 3. The first-order valence-electron chi connectivity index (χ1n) is 7.62. The van der Waals surface area contributed by atoms with Crippen molar-refractivity contribution in [2.75, 3.05) is 6.54 Å². The lowest BCUT2D eigenvalue weighted by Gasteiger charge is -2.28. The molecule has 0 spiro atoms. The topological polar surface area (TPSA) is 26.0 Å². The maximum absolute atomic E-state index is 6.05. The lowest BCUT2D eigenvalue weighted by Crippen LogP contribution is -2.29. The van der Waals surface area contributed by atoms with Crippen LogP contribution in [0.25, 0.3) is 0 Å². The summed E-state index contributed by atoms with van der Waals surface area (Å²) in [5, 5.41) is 0. The summed E-state index contributed by atoms with van der Waals surface area (Å²) in [4.78, 5) is 0. The fraction of sp³-hybridized carbons (Fsp3) is 0.647. The molecular weight excluding hydrogens is 218 g/mol. The minimum absolute atomic E-state index is 0.420. The molecule has 1 nitrogen and oxygen atoms in total. The van der Waals surface area contributed by atoms with Gasteiger partial charge in [0.05, 0.1) is 0 Å². The Labute approximate surface area is 111 Å². The highest BCUT2D eigenvalue weighted by molar-refractivity contribution is 5.34. The Hall–Kier alpha value is -0.820. The van der Waals surface area contributed by atoms with E-state index < -0.39 is 0 Å². The van der Waals surface area contributed by atoms with E-state index in [1.807, 2.05) is 0 Å². The fourth-order valence-corrected chi connectivity index (χ4v) is 3.91. The summed E-state index contributed by atoms with van der Waals surface area (Å²) in [5.41, 5.74) is 11.2. The quantitative estimate of drug-likeness (QED) is 0.862. The number of hydrogen-bond acceptors (Lipinski definition) is 1. The van der Waals surface area contributed by atoms with Crippen molar-refractivity contribution in [1.82, 2.24) is 0 Å². The van der Waals surface area contributed by atoms with Crippen LogP contribution in [0.2, 0.25) is 0 Å². The molecule has 0 unspecified atom stereocenters. The molecule has 2 N–H and O–H groups in total. The summed E-state index contributed by atoms with van der Waals surface area (Å²) < 4.78 is 0. The monoisotopic (exact) mass is 243 g/mol. The summed E-state index contributed by atoms with van der Waals surface area (Å²) in [6.07, 6.45) is 12.0. The van der Waals surface area contributed by atoms with Crippen LogP contribution in [-0.2, 0) is 19.3 Å². The molecular formula is C17H25N. The molecule has 18 heavy (non-hydrogen) atoms. The Balaban J connectivity index is 1.80. The Kier molecular flexibility index (Phi) is 3.43. The standard InChI is InChI=1S/C17H25N/c18-13-17(9-3-4-10-17)12-14-7-8-15-5-1-2-6-16(15)11-14/h7-8,11H,1-6,9-10,12-13,18H2. The van der Waals surface area contributed by atoms with Crippen LogP contribution in [0.3, 0.4) is 0 Å². The number of aryl methyl sites for hydroxylation is 2. The summed E-state index contributed by atoms with van der Waals surface area (Å²) >= 11 is 0. The average Bonchev–Trinajstić information content (AvgIpc) is 2.88. The Morgan fingerprint density at radius 2 is 1.67 bits per heavy atom. The molecule has 1 heteroatoms. The van der Waals surface area contributed by atoms with Gasteiger partial charge in [-0.2, -0.15) is 0 Å². The van der Waals surface area contributed by atoms with Gasteiger partial charge >= 0.3 is 0 Å². The second-order valence-corrected chi connectivity index (χ2v) is 6.40. The Morgan fingerprint density at radius 3 is 2.39 bits per heavy atom. The van der Waals surface area contributed by atoms with E-state index in [1.165, 1.54) is 63.4 Å². The van der Waals surface area contributed by atoms with Crippen LogP contribution in [0.4, 0.5) is 0 Å². The van der Waals surface area contributed by atoms with Gasteiger partial charge in [0.15, 0.2) is 0 Å². The van der Waals surface area contributed by atoms with Crippen LogP contribution < -0.4 is 5.73 Å². The van der Waals surface area contributed by atoms with Crippen LogP contribution in [0.15, 0.2) is 18.2 Å². The van der Waals surface area contributed by atoms with Gasteiger partial charge in [-0.1, -0.05) is 31.0 Å².